The molecule has 0 amide bonds. The molecule has 0 saturated heterocycles. The van der Waals surface area contributed by atoms with Crippen LogP contribution in [0.15, 0.2) is 6.20 Å². The third-order valence-electron chi connectivity index (χ3n) is 2.06. The quantitative estimate of drug-likeness (QED) is 0.539. The third kappa shape index (κ3) is 4.08. The van der Waals surface area contributed by atoms with Crippen molar-refractivity contribution in [3.8, 4) is 0 Å². The molecule has 0 bridgehead atoms. The number of nitrogens with two attached hydrogens (primary N) is 1. The highest BCUT2D eigenvalue weighted by Crippen LogP contribution is 2.15. The zero-order valence-corrected chi connectivity index (χ0v) is 10.4. The topological polar surface area (TPSA) is 79.4 Å². The van der Waals surface area contributed by atoms with Crippen LogP contribution in [0.2, 0.25) is 5.02 Å². The first kappa shape index (κ1) is 14.1. The predicted octanol–water partition coefficient (Wildman–Crippen LogP) is 0.341. The van der Waals surface area contributed by atoms with Gasteiger partial charge in [-0.15, -0.1) is 0 Å². The van der Waals surface area contributed by atoms with Crippen LogP contribution in [0.1, 0.15) is 10.5 Å². The first-order valence-electron chi connectivity index (χ1n) is 5.22. The van der Waals surface area contributed by atoms with E-state index in [-0.39, 0.29) is 12.4 Å². The van der Waals surface area contributed by atoms with Crippen LogP contribution in [0.25, 0.3) is 0 Å². The molecule has 17 heavy (non-hydrogen) atoms. The Balaban J connectivity index is 2.66. The second-order valence-corrected chi connectivity index (χ2v) is 3.73. The Labute approximate surface area is 105 Å². The Hall–Kier alpha value is -0.950. The van der Waals surface area contributed by atoms with Gasteiger partial charge in [0.2, 0.25) is 5.78 Å². The fraction of sp³-hybridized carbons (Fsp3) is 0.600. The van der Waals surface area contributed by atoms with Gasteiger partial charge in [-0.1, -0.05) is 11.6 Å². The number of ketones is 1. The van der Waals surface area contributed by atoms with E-state index in [0.717, 1.165) is 0 Å². The van der Waals surface area contributed by atoms with Gasteiger partial charge < -0.3 is 15.2 Å². The minimum atomic E-state index is -0.211. The summed E-state index contributed by atoms with van der Waals surface area (Å²) in [6.45, 7) is 1.61. The normalized spacial score (nSPS) is 10.8. The number of methoxy groups -OCH3 is 1. The molecule has 0 unspecified atom stereocenters. The number of hydrogen-bond donors (Lipinski definition) is 1. The van der Waals surface area contributed by atoms with Crippen LogP contribution >= 0.6 is 11.6 Å². The van der Waals surface area contributed by atoms with Gasteiger partial charge >= 0.3 is 0 Å². The summed E-state index contributed by atoms with van der Waals surface area (Å²) in [6.07, 6.45) is 1.44. The lowest BCUT2D eigenvalue weighted by molar-refractivity contribution is 0.0760. The van der Waals surface area contributed by atoms with Gasteiger partial charge in [0.1, 0.15) is 12.3 Å². The zero-order valence-electron chi connectivity index (χ0n) is 9.69. The molecule has 1 rings (SSSR count). The van der Waals surface area contributed by atoms with Crippen LogP contribution in [-0.4, -0.2) is 49.0 Å². The van der Waals surface area contributed by atoms with E-state index >= 15 is 0 Å². The smallest absolute Gasteiger partial charge is 0.207 e. The standard InChI is InChI=1S/C10H16ClN3O3/c1-16-5-3-14-10(8(11)6-13-14)9(15)7-17-4-2-12/h6H,2-5,7,12H2,1H3. The van der Waals surface area contributed by atoms with Crippen molar-refractivity contribution >= 4 is 17.4 Å². The lowest BCUT2D eigenvalue weighted by Gasteiger charge is -2.07. The van der Waals surface area contributed by atoms with Gasteiger partial charge in [0, 0.05) is 13.7 Å². The van der Waals surface area contributed by atoms with Gasteiger partial charge in [-0.05, 0) is 0 Å². The summed E-state index contributed by atoms with van der Waals surface area (Å²) in [5, 5.41) is 4.33. The number of rotatable bonds is 8. The monoisotopic (exact) mass is 261 g/mol. The van der Waals surface area contributed by atoms with Gasteiger partial charge in [-0.25, -0.2) is 0 Å². The maximum absolute atomic E-state index is 11.8. The van der Waals surface area contributed by atoms with E-state index in [1.807, 2.05) is 0 Å². The molecule has 2 N–H and O–H groups in total. The van der Waals surface area contributed by atoms with Crippen LogP contribution in [0.4, 0.5) is 0 Å². The average Bonchev–Trinajstić information content (AvgIpc) is 2.68. The van der Waals surface area contributed by atoms with Gasteiger partial charge in [-0.3, -0.25) is 9.48 Å². The van der Waals surface area contributed by atoms with Crippen molar-refractivity contribution in [2.75, 3.05) is 33.5 Å². The fourth-order valence-corrected chi connectivity index (χ4v) is 1.55. The lowest BCUT2D eigenvalue weighted by Crippen LogP contribution is -2.19. The van der Waals surface area contributed by atoms with Crippen LogP contribution in [-0.2, 0) is 16.0 Å². The number of hydrogen-bond acceptors (Lipinski definition) is 5. The number of Topliss-reactive ketones (excluding diaryl/α,β-unsaturated/α-hetero) is 1. The summed E-state index contributed by atoms with van der Waals surface area (Å²) in [6, 6.07) is 0. The summed E-state index contributed by atoms with van der Waals surface area (Å²) in [7, 11) is 1.58. The van der Waals surface area contributed by atoms with Crippen LogP contribution < -0.4 is 5.73 Å². The van der Waals surface area contributed by atoms with Gasteiger partial charge in [0.05, 0.1) is 31.0 Å². The molecule has 1 heterocycles. The van der Waals surface area contributed by atoms with Crippen LogP contribution in [0.3, 0.4) is 0 Å². The van der Waals surface area contributed by atoms with E-state index in [1.54, 1.807) is 7.11 Å². The Morgan fingerprint density at radius 1 is 1.59 bits per heavy atom. The molecular weight excluding hydrogens is 246 g/mol. The second kappa shape index (κ2) is 7.39. The van der Waals surface area contributed by atoms with E-state index in [9.17, 15) is 4.79 Å². The van der Waals surface area contributed by atoms with Crippen molar-refractivity contribution in [1.82, 2.24) is 9.78 Å². The summed E-state index contributed by atoms with van der Waals surface area (Å²) < 4.78 is 11.5. The lowest BCUT2D eigenvalue weighted by atomic mass is 10.3. The molecular formula is C10H16ClN3O3. The summed E-state index contributed by atoms with van der Waals surface area (Å²) in [5.74, 6) is -0.211. The van der Waals surface area contributed by atoms with E-state index < -0.39 is 0 Å². The zero-order chi connectivity index (χ0) is 12.7. The molecule has 0 aliphatic carbocycles. The van der Waals surface area contributed by atoms with Crippen molar-refractivity contribution in [2.24, 2.45) is 5.73 Å². The maximum atomic E-state index is 11.8. The van der Waals surface area contributed by atoms with Crippen molar-refractivity contribution in [3.63, 3.8) is 0 Å². The minimum absolute atomic E-state index is 0.0460. The minimum Gasteiger partial charge on any atom is -0.383 e. The molecule has 7 heteroatoms. The molecule has 6 nitrogen and oxygen atoms in total. The van der Waals surface area contributed by atoms with Crippen molar-refractivity contribution in [3.05, 3.63) is 16.9 Å². The molecule has 1 aromatic heterocycles. The molecule has 0 aliphatic heterocycles. The second-order valence-electron chi connectivity index (χ2n) is 3.32. The molecule has 0 saturated carbocycles. The molecule has 0 radical (unpaired) electrons. The molecule has 1 aromatic rings. The molecule has 96 valence electrons. The predicted molar refractivity (Wildman–Crippen MR) is 63.3 cm³/mol. The number of aromatic nitrogens is 2. The molecule has 0 atom stereocenters. The highest BCUT2D eigenvalue weighted by molar-refractivity contribution is 6.33. The summed E-state index contributed by atoms with van der Waals surface area (Å²) >= 11 is 5.91. The van der Waals surface area contributed by atoms with Gasteiger partial charge in [-0.2, -0.15) is 5.10 Å². The highest BCUT2D eigenvalue weighted by Gasteiger charge is 2.17. The number of halogens is 1. The number of carbonyl (C=O) groups excluding carboxylic acids is 1. The highest BCUT2D eigenvalue weighted by atomic mass is 35.5. The molecule has 0 aromatic carbocycles. The Morgan fingerprint density at radius 3 is 3.00 bits per heavy atom. The molecule has 0 fully saturated rings. The van der Waals surface area contributed by atoms with Gasteiger partial charge in [0.15, 0.2) is 0 Å². The molecule has 0 aliphatic rings. The average molecular weight is 262 g/mol. The maximum Gasteiger partial charge on any atom is 0.207 e. The van der Waals surface area contributed by atoms with Crippen molar-refractivity contribution in [1.29, 1.82) is 0 Å². The van der Waals surface area contributed by atoms with Crippen LogP contribution in [0.5, 0.6) is 0 Å². The number of carbonyl (C=O) groups is 1. The third-order valence-corrected chi connectivity index (χ3v) is 2.34. The molecule has 0 spiro atoms. The Bertz CT molecular complexity index is 368. The fourth-order valence-electron chi connectivity index (χ4n) is 1.30. The largest absolute Gasteiger partial charge is 0.383 e. The SMILES string of the molecule is COCCn1ncc(Cl)c1C(=O)COCCN. The van der Waals surface area contributed by atoms with E-state index in [1.165, 1.54) is 10.9 Å². The Morgan fingerprint density at radius 2 is 2.35 bits per heavy atom. The van der Waals surface area contributed by atoms with Gasteiger partial charge in [0.25, 0.3) is 0 Å². The van der Waals surface area contributed by atoms with Crippen molar-refractivity contribution in [2.45, 2.75) is 6.54 Å². The first-order chi connectivity index (χ1) is 8.20. The summed E-state index contributed by atoms with van der Waals surface area (Å²) in [4.78, 5) is 11.8. The van der Waals surface area contributed by atoms with Crippen LogP contribution in [0, 0.1) is 0 Å². The van der Waals surface area contributed by atoms with E-state index in [0.29, 0.717) is 37.0 Å². The summed E-state index contributed by atoms with van der Waals surface area (Å²) in [5.41, 5.74) is 5.61. The number of ether oxygens (including phenoxy) is 2. The van der Waals surface area contributed by atoms with E-state index in [2.05, 4.69) is 5.10 Å². The van der Waals surface area contributed by atoms with Crippen molar-refractivity contribution < 1.29 is 14.3 Å². The first-order valence-corrected chi connectivity index (χ1v) is 5.59. The van der Waals surface area contributed by atoms with E-state index in [4.69, 9.17) is 26.8 Å². The Kier molecular flexibility index (Phi) is 6.13. The number of nitrogens with zero attached hydrogens (tertiary/aromatic N) is 2.